The lowest BCUT2D eigenvalue weighted by Crippen LogP contribution is -1.98. The Morgan fingerprint density at radius 3 is 2.00 bits per heavy atom. The Morgan fingerprint density at radius 1 is 0.744 bits per heavy atom. The maximum Gasteiger partial charge on any atom is 0.0572 e. The Hall–Kier alpha value is -5.45. The Balaban J connectivity index is 1.26. The number of aromatic nitrogens is 5. The van der Waals surface area contributed by atoms with Gasteiger partial charge in [-0.05, 0) is 85.0 Å². The van der Waals surface area contributed by atoms with E-state index in [9.17, 15) is 0 Å². The second kappa shape index (κ2) is 9.14. The van der Waals surface area contributed by atoms with Crippen molar-refractivity contribution in [3.63, 3.8) is 0 Å². The molecule has 6 nitrogen and oxygen atoms in total. The molecule has 7 rings (SSSR count). The van der Waals surface area contributed by atoms with Crippen molar-refractivity contribution in [3.8, 4) is 5.69 Å². The molecule has 0 spiro atoms. The molecule has 1 aliphatic rings. The molecule has 0 saturated carbocycles. The molecule has 1 aliphatic carbocycles. The Morgan fingerprint density at radius 2 is 1.36 bits per heavy atom. The van der Waals surface area contributed by atoms with E-state index in [2.05, 4.69) is 79.2 Å². The number of hydrogen-bond donors (Lipinski definition) is 1. The van der Waals surface area contributed by atoms with E-state index in [1.54, 1.807) is 6.20 Å². The van der Waals surface area contributed by atoms with E-state index in [1.807, 2.05) is 67.5 Å². The quantitative estimate of drug-likeness (QED) is 0.268. The molecule has 5 aromatic heterocycles. The molecule has 0 radical (unpaired) electrons. The van der Waals surface area contributed by atoms with E-state index in [1.165, 1.54) is 0 Å². The van der Waals surface area contributed by atoms with Crippen molar-refractivity contribution < 1.29 is 0 Å². The van der Waals surface area contributed by atoms with Crippen molar-refractivity contribution in [1.29, 1.82) is 0 Å². The first-order valence-electron chi connectivity index (χ1n) is 12.7. The smallest absolute Gasteiger partial charge is 0.0572 e. The van der Waals surface area contributed by atoms with E-state index in [0.717, 1.165) is 66.5 Å². The summed E-state index contributed by atoms with van der Waals surface area (Å²) in [7, 11) is 0. The second-order valence-corrected chi connectivity index (χ2v) is 9.42. The van der Waals surface area contributed by atoms with Crippen molar-refractivity contribution in [2.24, 2.45) is 5.73 Å². The van der Waals surface area contributed by atoms with Gasteiger partial charge in [-0.3, -0.25) is 15.0 Å². The number of pyridine rings is 3. The van der Waals surface area contributed by atoms with E-state index >= 15 is 0 Å². The highest BCUT2D eigenvalue weighted by Crippen LogP contribution is 2.33. The van der Waals surface area contributed by atoms with Crippen molar-refractivity contribution in [1.82, 2.24) is 24.1 Å². The Bertz CT molecular complexity index is 2010. The van der Waals surface area contributed by atoms with E-state index in [4.69, 9.17) is 5.73 Å². The minimum Gasteiger partial charge on any atom is -0.405 e. The Labute approximate surface area is 225 Å². The molecule has 0 atom stereocenters. The van der Waals surface area contributed by atoms with Crippen LogP contribution in [-0.2, 0) is 0 Å². The molecule has 186 valence electrons. The summed E-state index contributed by atoms with van der Waals surface area (Å²) in [5, 5.41) is 3.28. The number of fused-ring (bicyclic) bond motifs is 4. The molecule has 0 amide bonds. The summed E-state index contributed by atoms with van der Waals surface area (Å²) in [5.41, 5.74) is 18.9. The first-order valence-corrected chi connectivity index (χ1v) is 12.7. The van der Waals surface area contributed by atoms with Crippen LogP contribution in [0, 0.1) is 6.92 Å². The van der Waals surface area contributed by atoms with Crippen LogP contribution in [0.4, 0.5) is 0 Å². The third-order valence-electron chi connectivity index (χ3n) is 7.30. The zero-order chi connectivity index (χ0) is 26.3. The summed E-state index contributed by atoms with van der Waals surface area (Å²) in [6.07, 6.45) is 23.0. The molecular formula is C33H24N6. The van der Waals surface area contributed by atoms with Crippen LogP contribution in [-0.4, -0.2) is 24.1 Å². The van der Waals surface area contributed by atoms with Crippen LogP contribution in [0.2, 0.25) is 0 Å². The largest absolute Gasteiger partial charge is 0.405 e. The lowest BCUT2D eigenvalue weighted by atomic mass is 10.1. The highest BCUT2D eigenvalue weighted by Gasteiger charge is 2.15. The molecule has 39 heavy (non-hydrogen) atoms. The van der Waals surface area contributed by atoms with Gasteiger partial charge in [-0.25, -0.2) is 0 Å². The van der Waals surface area contributed by atoms with Gasteiger partial charge >= 0.3 is 0 Å². The van der Waals surface area contributed by atoms with Crippen LogP contribution in [0.5, 0.6) is 0 Å². The fraction of sp³-hybridized carbons (Fsp3) is 0.0303. The molecule has 0 unspecified atom stereocenters. The summed E-state index contributed by atoms with van der Waals surface area (Å²) in [5.74, 6) is 0. The second-order valence-electron chi connectivity index (χ2n) is 9.42. The van der Waals surface area contributed by atoms with Crippen molar-refractivity contribution in [2.45, 2.75) is 6.92 Å². The minimum atomic E-state index is 1.01. The van der Waals surface area contributed by atoms with Crippen LogP contribution in [0.1, 0.15) is 16.8 Å². The van der Waals surface area contributed by atoms with Gasteiger partial charge in [0, 0.05) is 70.3 Å². The predicted octanol–water partition coefficient (Wildman–Crippen LogP) is 6.81. The summed E-state index contributed by atoms with van der Waals surface area (Å²) in [6.45, 7) is 2.10. The van der Waals surface area contributed by atoms with E-state index in [-0.39, 0.29) is 0 Å². The van der Waals surface area contributed by atoms with Gasteiger partial charge in [0.05, 0.1) is 22.2 Å². The number of benzene rings is 1. The van der Waals surface area contributed by atoms with Gasteiger partial charge in [0.1, 0.15) is 0 Å². The fourth-order valence-corrected chi connectivity index (χ4v) is 5.47. The monoisotopic (exact) mass is 504 g/mol. The average Bonchev–Trinajstić information content (AvgIpc) is 3.33. The molecule has 0 fully saturated rings. The summed E-state index contributed by atoms with van der Waals surface area (Å²) in [4.78, 5) is 13.0. The third kappa shape index (κ3) is 3.62. The topological polar surface area (TPSA) is 74.5 Å². The van der Waals surface area contributed by atoms with Crippen molar-refractivity contribution in [2.75, 3.05) is 0 Å². The third-order valence-corrected chi connectivity index (χ3v) is 7.30. The summed E-state index contributed by atoms with van der Waals surface area (Å²) >= 11 is 0. The van der Waals surface area contributed by atoms with Crippen LogP contribution < -0.4 is 5.73 Å². The van der Waals surface area contributed by atoms with Gasteiger partial charge in [0.25, 0.3) is 0 Å². The van der Waals surface area contributed by atoms with Gasteiger partial charge in [-0.1, -0.05) is 12.1 Å². The van der Waals surface area contributed by atoms with Gasteiger partial charge in [-0.2, -0.15) is 0 Å². The Kier molecular flexibility index (Phi) is 5.32. The number of nitrogens with two attached hydrogens (primary N) is 1. The lowest BCUT2D eigenvalue weighted by molar-refractivity contribution is 1.09. The summed E-state index contributed by atoms with van der Waals surface area (Å²) < 4.78 is 4.47. The minimum absolute atomic E-state index is 1.01. The van der Waals surface area contributed by atoms with Crippen LogP contribution in [0.15, 0.2) is 116 Å². The fourth-order valence-electron chi connectivity index (χ4n) is 5.47. The molecule has 0 aliphatic heterocycles. The number of allylic oxidation sites excluding steroid dienone is 5. The van der Waals surface area contributed by atoms with Gasteiger partial charge in [0.15, 0.2) is 0 Å². The zero-order valence-electron chi connectivity index (χ0n) is 21.3. The molecule has 0 saturated heterocycles. The SMILES string of the molecule is Cc1c(/C=C\N)n(-c2ccc(C3=C=CC=C(n4c5ccncc5c5cnccc54)C=C3)cc2)c2ccncc12. The van der Waals surface area contributed by atoms with Crippen molar-refractivity contribution >= 4 is 50.1 Å². The average molecular weight is 505 g/mol. The number of rotatable bonds is 4. The number of aryl methyl sites for hydroxylation is 1. The highest BCUT2D eigenvalue weighted by atomic mass is 15.0. The van der Waals surface area contributed by atoms with Crippen LogP contribution >= 0.6 is 0 Å². The first-order chi connectivity index (χ1) is 19.2. The normalized spacial score (nSPS) is 13.5. The molecule has 1 aromatic carbocycles. The van der Waals surface area contributed by atoms with Crippen LogP contribution in [0.25, 0.3) is 55.7 Å². The zero-order valence-corrected chi connectivity index (χ0v) is 21.3. The van der Waals surface area contributed by atoms with E-state index in [0.29, 0.717) is 0 Å². The molecule has 0 bridgehead atoms. The molecular weight excluding hydrogens is 480 g/mol. The molecule has 6 heteroatoms. The maximum atomic E-state index is 5.80. The maximum absolute atomic E-state index is 5.80. The predicted molar refractivity (Wildman–Crippen MR) is 159 cm³/mol. The lowest BCUT2D eigenvalue weighted by Gasteiger charge is -2.10. The molecule has 2 N–H and O–H groups in total. The van der Waals surface area contributed by atoms with Gasteiger partial charge in [-0.15, -0.1) is 5.73 Å². The number of nitrogens with zero attached hydrogens (tertiary/aromatic N) is 5. The standard InChI is InChI=1S/C33H24N6/c1-22-27-19-35-16-12-31(27)38(30(22)11-15-34)26-9-6-24(7-10-26)23-3-2-4-25(8-5-23)39-32-13-17-36-20-28(32)29-21-37-18-14-33(29)39/h2,4-21H,34H2,1H3/b15-11-. The van der Waals surface area contributed by atoms with Crippen molar-refractivity contribution in [3.05, 3.63) is 133 Å². The highest BCUT2D eigenvalue weighted by molar-refractivity contribution is 6.09. The van der Waals surface area contributed by atoms with E-state index < -0.39 is 0 Å². The molecule has 6 aromatic rings. The molecule has 5 heterocycles. The van der Waals surface area contributed by atoms with Crippen LogP contribution in [0.3, 0.4) is 0 Å². The van der Waals surface area contributed by atoms with Gasteiger partial charge < -0.3 is 14.9 Å². The number of hydrogen-bond acceptors (Lipinski definition) is 4. The summed E-state index contributed by atoms with van der Waals surface area (Å²) in [6, 6.07) is 14.7. The first kappa shape index (κ1) is 22.7. The van der Waals surface area contributed by atoms with Gasteiger partial charge in [0.2, 0.25) is 0 Å².